The van der Waals surface area contributed by atoms with E-state index in [2.05, 4.69) is 94.5 Å². The molecule has 0 aliphatic heterocycles. The highest BCUT2D eigenvalue weighted by Gasteiger charge is 2.46. The molecule has 5 nitrogen and oxygen atoms in total. The molecule has 7 heteroatoms. The third kappa shape index (κ3) is 6.60. The first-order chi connectivity index (χ1) is 23.1. The van der Waals surface area contributed by atoms with E-state index in [9.17, 15) is 13.5 Å². The van der Waals surface area contributed by atoms with Gasteiger partial charge in [-0.25, -0.2) is 0 Å². The zero-order valence-electron chi connectivity index (χ0n) is 28.2. The molecule has 5 aromatic carbocycles. The third-order valence-corrected chi connectivity index (χ3v) is 10.8. The Labute approximate surface area is 286 Å². The van der Waals surface area contributed by atoms with Crippen molar-refractivity contribution >= 4 is 23.4 Å². The molecular weight excluding hydrogens is 615 g/mol. The summed E-state index contributed by atoms with van der Waals surface area (Å²) in [6.07, 6.45) is 3.52. The number of rotatable bonds is 13. The number of hydrogen-bond acceptors (Lipinski definition) is 5. The van der Waals surface area contributed by atoms with Gasteiger partial charge in [0.25, 0.3) is 10.1 Å². The van der Waals surface area contributed by atoms with Gasteiger partial charge in [0.05, 0.1) is 16.4 Å². The molecule has 0 saturated heterocycles. The molecule has 0 saturated carbocycles. The molecule has 0 radical (unpaired) electrons. The molecule has 48 heavy (non-hydrogen) atoms. The number of aryl methyl sites for hydroxylation is 2. The second-order valence-electron chi connectivity index (χ2n) is 12.9. The van der Waals surface area contributed by atoms with Gasteiger partial charge in [0.15, 0.2) is 0 Å². The van der Waals surface area contributed by atoms with E-state index in [1.165, 1.54) is 33.3 Å². The number of hydrogen-bond donors (Lipinski definition) is 1. The van der Waals surface area contributed by atoms with Crippen molar-refractivity contribution < 1.29 is 22.4 Å². The lowest BCUT2D eigenvalue weighted by atomic mass is 9.66. The predicted molar refractivity (Wildman–Crippen MR) is 196 cm³/mol. The summed E-state index contributed by atoms with van der Waals surface area (Å²) in [6, 6.07) is 36.6. The topological polar surface area (TPSA) is 72.8 Å². The van der Waals surface area contributed by atoms with Gasteiger partial charge in [-0.2, -0.15) is 8.42 Å². The van der Waals surface area contributed by atoms with Crippen molar-refractivity contribution in [3.8, 4) is 16.9 Å². The first-order valence-corrected chi connectivity index (χ1v) is 18.2. The lowest BCUT2D eigenvalue weighted by Crippen LogP contribution is -2.29. The average molecular weight is 659 g/mol. The zero-order chi connectivity index (χ0) is 33.9. The highest BCUT2D eigenvalue weighted by molar-refractivity contribution is 7.86. The van der Waals surface area contributed by atoms with Gasteiger partial charge in [-0.15, -0.1) is 0 Å². The van der Waals surface area contributed by atoms with Crippen molar-refractivity contribution in [1.82, 2.24) is 0 Å². The summed E-state index contributed by atoms with van der Waals surface area (Å²) in [6.45, 7) is 6.20. The van der Waals surface area contributed by atoms with Crippen molar-refractivity contribution in [2.24, 2.45) is 0 Å². The van der Waals surface area contributed by atoms with E-state index in [0.717, 1.165) is 47.9 Å². The molecule has 5 aromatic rings. The second kappa shape index (κ2) is 14.1. The number of unbranched alkanes of at least 4 members (excludes halogenated alkanes) is 2. The van der Waals surface area contributed by atoms with E-state index in [1.54, 1.807) is 24.3 Å². The molecule has 1 aliphatic carbocycles. The van der Waals surface area contributed by atoms with Crippen molar-refractivity contribution in [1.29, 1.82) is 0 Å². The number of aliphatic hydroxyl groups excluding tert-OH is 1. The van der Waals surface area contributed by atoms with Gasteiger partial charge in [0, 0.05) is 0 Å². The van der Waals surface area contributed by atoms with Gasteiger partial charge < -0.3 is 9.84 Å². The maximum absolute atomic E-state index is 12.6. The Morgan fingerprint density at radius 2 is 1.33 bits per heavy atom. The number of fused-ring (bicyclic) bond motifs is 3. The van der Waals surface area contributed by atoms with Gasteiger partial charge in [-0.1, -0.05) is 128 Å². The van der Waals surface area contributed by atoms with E-state index < -0.39 is 21.6 Å². The summed E-state index contributed by atoms with van der Waals surface area (Å²) in [5, 5.41) is 10.9. The van der Waals surface area contributed by atoms with Crippen LogP contribution in [0.5, 0.6) is 5.75 Å². The molecule has 0 bridgehead atoms. The smallest absolute Gasteiger partial charge is 0.297 e. The average Bonchev–Trinajstić information content (AvgIpc) is 3.36. The Morgan fingerprint density at radius 3 is 2.00 bits per heavy atom. The van der Waals surface area contributed by atoms with Crippen molar-refractivity contribution in [3.05, 3.63) is 148 Å². The molecule has 0 aromatic heterocycles. The van der Waals surface area contributed by atoms with E-state index in [1.807, 2.05) is 19.1 Å². The monoisotopic (exact) mass is 658 g/mol. The molecule has 6 rings (SSSR count). The molecular formula is C41H43BO5S. The van der Waals surface area contributed by atoms with E-state index >= 15 is 0 Å². The summed E-state index contributed by atoms with van der Waals surface area (Å²) in [7, 11) is -1.73. The largest absolute Gasteiger partial charge is 0.491 e. The highest BCUT2D eigenvalue weighted by atomic mass is 32.2. The minimum absolute atomic E-state index is 0.0850. The Morgan fingerprint density at radius 1 is 0.729 bits per heavy atom. The van der Waals surface area contributed by atoms with Crippen molar-refractivity contribution in [2.75, 3.05) is 13.2 Å². The van der Waals surface area contributed by atoms with E-state index in [-0.39, 0.29) is 18.1 Å². The fourth-order valence-electron chi connectivity index (χ4n) is 6.93. The van der Waals surface area contributed by atoms with Gasteiger partial charge in [0.1, 0.15) is 26.8 Å². The molecule has 0 spiro atoms. The fourth-order valence-corrected chi connectivity index (χ4v) is 7.82. The van der Waals surface area contributed by atoms with Crippen molar-refractivity contribution in [2.45, 2.75) is 62.9 Å². The first-order valence-electron chi connectivity index (χ1n) is 16.8. The predicted octanol–water partition coefficient (Wildman–Crippen LogP) is 7.32. The third-order valence-electron chi connectivity index (χ3n) is 9.45. The SMILES string of the molecule is Bc1ccc2c(c1)C(c1ccc(OCCOS(=O)(=O)c3ccc(C)cc3)cc1)(c1ccc(C(O)CCCCC)cc1)c1cc(C)ccc1-2. The first kappa shape index (κ1) is 33.7. The van der Waals surface area contributed by atoms with Crippen LogP contribution >= 0.6 is 0 Å². The fraction of sp³-hybridized carbons (Fsp3) is 0.268. The Hall–Kier alpha value is -4.17. The maximum atomic E-state index is 12.6. The van der Waals surface area contributed by atoms with Crippen LogP contribution in [-0.4, -0.2) is 34.6 Å². The minimum atomic E-state index is -3.86. The van der Waals surface area contributed by atoms with Crippen LogP contribution in [0, 0.1) is 13.8 Å². The van der Waals surface area contributed by atoms with Crippen LogP contribution in [0.2, 0.25) is 0 Å². The maximum Gasteiger partial charge on any atom is 0.297 e. The molecule has 0 fully saturated rings. The summed E-state index contributed by atoms with van der Waals surface area (Å²) in [5.74, 6) is 0.628. The van der Waals surface area contributed by atoms with Crippen LogP contribution in [0.3, 0.4) is 0 Å². The Balaban J connectivity index is 1.32. The molecule has 0 heterocycles. The zero-order valence-corrected chi connectivity index (χ0v) is 29.0. The lowest BCUT2D eigenvalue weighted by Gasteiger charge is -2.34. The Kier molecular flexibility index (Phi) is 9.93. The second-order valence-corrected chi connectivity index (χ2v) is 14.6. The molecule has 1 N–H and O–H groups in total. The summed E-state index contributed by atoms with van der Waals surface area (Å²) < 4.78 is 36.4. The van der Waals surface area contributed by atoms with Crippen molar-refractivity contribution in [3.63, 3.8) is 0 Å². The van der Waals surface area contributed by atoms with Crippen LogP contribution in [-0.2, 0) is 19.7 Å². The minimum Gasteiger partial charge on any atom is -0.491 e. The number of benzene rings is 5. The highest BCUT2D eigenvalue weighted by Crippen LogP contribution is 2.56. The van der Waals surface area contributed by atoms with Crippen LogP contribution in [0.1, 0.15) is 77.7 Å². The van der Waals surface area contributed by atoms with E-state index in [4.69, 9.17) is 8.92 Å². The molecule has 1 aliphatic rings. The van der Waals surface area contributed by atoms with Gasteiger partial charge in [-0.3, -0.25) is 4.18 Å². The molecule has 2 unspecified atom stereocenters. The summed E-state index contributed by atoms with van der Waals surface area (Å²) in [5.41, 5.74) is 10.8. The normalized spacial score (nSPS) is 15.9. The van der Waals surface area contributed by atoms with Crippen LogP contribution in [0.4, 0.5) is 0 Å². The number of aliphatic hydroxyl groups is 1. The molecule has 2 atom stereocenters. The summed E-state index contributed by atoms with van der Waals surface area (Å²) in [4.78, 5) is 0.129. The van der Waals surface area contributed by atoms with Gasteiger partial charge >= 0.3 is 0 Å². The molecule has 246 valence electrons. The van der Waals surface area contributed by atoms with Crippen LogP contribution < -0.4 is 10.2 Å². The van der Waals surface area contributed by atoms with E-state index in [0.29, 0.717) is 5.75 Å². The lowest BCUT2D eigenvalue weighted by molar-refractivity contribution is 0.163. The number of ether oxygens (including phenoxy) is 1. The van der Waals surface area contributed by atoms with Gasteiger partial charge in [0.2, 0.25) is 0 Å². The summed E-state index contributed by atoms with van der Waals surface area (Å²) >= 11 is 0. The quantitative estimate of drug-likeness (QED) is 0.0800. The van der Waals surface area contributed by atoms with Gasteiger partial charge in [-0.05, 0) is 83.5 Å². The standard InChI is InChI=1S/C41H43BO5S/c1-4-5-6-7-40(43)30-11-13-31(14-12-30)41(38-26-29(3)10-22-36(38)37-23-17-33(42)27-39(37)41)32-15-18-34(19-16-32)46-24-25-47-48(44,45)35-20-8-28(2)9-21-35/h8-23,26-27,40,43H,4-7,24-25,42H2,1-3H3. The van der Waals surface area contributed by atoms with Crippen LogP contribution in [0.25, 0.3) is 11.1 Å². The Bertz CT molecular complexity index is 1930. The van der Waals surface area contributed by atoms with Crippen LogP contribution in [0.15, 0.2) is 114 Å². The molecule has 0 amide bonds.